The number of carbonyl (C=O) groups excluding carboxylic acids is 1. The minimum atomic E-state index is 0.000412. The summed E-state index contributed by atoms with van der Waals surface area (Å²) >= 11 is 1.94. The molecule has 1 aliphatic rings. The molecule has 1 aliphatic heterocycles. The van der Waals surface area contributed by atoms with Crippen molar-refractivity contribution in [2.24, 2.45) is 0 Å². The lowest BCUT2D eigenvalue weighted by Crippen LogP contribution is -2.39. The first-order chi connectivity index (χ1) is 11.7. The fourth-order valence-corrected chi connectivity index (χ4v) is 4.20. The second kappa shape index (κ2) is 7.88. The number of nitrogens with zero attached hydrogens (tertiary/aromatic N) is 2. The van der Waals surface area contributed by atoms with Gasteiger partial charge >= 0.3 is 0 Å². The molecular weight excluding hydrogens is 320 g/mol. The van der Waals surface area contributed by atoms with E-state index in [0.717, 1.165) is 44.5 Å². The number of rotatable bonds is 5. The fourth-order valence-electron chi connectivity index (χ4n) is 2.98. The summed E-state index contributed by atoms with van der Waals surface area (Å²) in [6.45, 7) is 5.82. The van der Waals surface area contributed by atoms with Crippen LogP contribution in [0.15, 0.2) is 39.8 Å². The molecule has 1 saturated heterocycles. The minimum absolute atomic E-state index is 0.000412. The van der Waals surface area contributed by atoms with Gasteiger partial charge in [-0.05, 0) is 37.8 Å². The number of likely N-dealkylation sites (tertiary alicyclic amines) is 1. The largest absolute Gasteiger partial charge is 0.361 e. The van der Waals surface area contributed by atoms with Crippen LogP contribution in [0.1, 0.15) is 48.0 Å². The number of aromatic nitrogens is 1. The lowest BCUT2D eigenvalue weighted by atomic mass is 10.1. The van der Waals surface area contributed by atoms with Gasteiger partial charge in [0.2, 0.25) is 0 Å². The molecular formula is C19H24N2O2S. The van der Waals surface area contributed by atoms with Crippen LogP contribution in [0.2, 0.25) is 0 Å². The van der Waals surface area contributed by atoms with E-state index in [2.05, 4.69) is 43.3 Å². The van der Waals surface area contributed by atoms with Crippen molar-refractivity contribution in [2.45, 2.75) is 49.7 Å². The lowest BCUT2D eigenvalue weighted by Gasteiger charge is -2.31. The van der Waals surface area contributed by atoms with Gasteiger partial charge in [-0.2, -0.15) is 0 Å². The molecule has 1 aromatic heterocycles. The van der Waals surface area contributed by atoms with Crippen LogP contribution in [0.3, 0.4) is 0 Å². The van der Waals surface area contributed by atoms with Gasteiger partial charge in [0.25, 0.3) is 5.91 Å². The Morgan fingerprint density at radius 2 is 2.08 bits per heavy atom. The summed E-state index contributed by atoms with van der Waals surface area (Å²) in [5.41, 5.74) is 1.77. The summed E-state index contributed by atoms with van der Waals surface area (Å²) in [5, 5.41) is 4.51. The Hall–Kier alpha value is -1.75. The van der Waals surface area contributed by atoms with E-state index in [0.29, 0.717) is 10.9 Å². The van der Waals surface area contributed by atoms with Gasteiger partial charge in [-0.25, -0.2) is 0 Å². The van der Waals surface area contributed by atoms with Crippen molar-refractivity contribution >= 4 is 17.7 Å². The highest BCUT2D eigenvalue weighted by Gasteiger charge is 2.26. The van der Waals surface area contributed by atoms with Crippen molar-refractivity contribution in [3.8, 4) is 0 Å². The Balaban J connectivity index is 1.54. The van der Waals surface area contributed by atoms with Gasteiger partial charge in [-0.3, -0.25) is 4.79 Å². The summed E-state index contributed by atoms with van der Waals surface area (Å²) < 4.78 is 5.23. The van der Waals surface area contributed by atoms with Crippen molar-refractivity contribution in [3.63, 3.8) is 0 Å². The van der Waals surface area contributed by atoms with E-state index in [-0.39, 0.29) is 5.91 Å². The van der Waals surface area contributed by atoms with Crippen molar-refractivity contribution in [3.05, 3.63) is 47.3 Å². The van der Waals surface area contributed by atoms with Gasteiger partial charge in [0.15, 0.2) is 5.69 Å². The minimum Gasteiger partial charge on any atom is -0.361 e. The monoisotopic (exact) mass is 344 g/mol. The Morgan fingerprint density at radius 3 is 2.79 bits per heavy atom. The van der Waals surface area contributed by atoms with Crippen molar-refractivity contribution in [1.29, 1.82) is 0 Å². The van der Waals surface area contributed by atoms with Crippen LogP contribution in [-0.2, 0) is 6.42 Å². The van der Waals surface area contributed by atoms with E-state index < -0.39 is 0 Å². The number of hydrogen-bond acceptors (Lipinski definition) is 4. The normalized spacial score (nSPS) is 15.7. The van der Waals surface area contributed by atoms with E-state index in [9.17, 15) is 4.79 Å². The van der Waals surface area contributed by atoms with E-state index in [1.807, 2.05) is 16.7 Å². The molecule has 0 radical (unpaired) electrons. The van der Waals surface area contributed by atoms with Gasteiger partial charge in [-0.1, -0.05) is 30.3 Å². The summed E-state index contributed by atoms with van der Waals surface area (Å²) in [7, 11) is 0. The molecule has 0 saturated carbocycles. The van der Waals surface area contributed by atoms with E-state index in [1.165, 1.54) is 10.5 Å². The summed E-state index contributed by atoms with van der Waals surface area (Å²) in [4.78, 5) is 15.8. The lowest BCUT2D eigenvalue weighted by molar-refractivity contribution is 0.0717. The van der Waals surface area contributed by atoms with Gasteiger partial charge < -0.3 is 9.42 Å². The third-order valence-electron chi connectivity index (χ3n) is 4.39. The van der Waals surface area contributed by atoms with Crippen molar-refractivity contribution < 1.29 is 9.32 Å². The molecule has 2 aromatic rings. The molecule has 0 bridgehead atoms. The van der Waals surface area contributed by atoms with E-state index in [1.54, 1.807) is 6.07 Å². The number of thioether (sulfide) groups is 1. The number of carbonyl (C=O) groups is 1. The highest BCUT2D eigenvalue weighted by atomic mass is 32.2. The van der Waals surface area contributed by atoms with Crippen LogP contribution >= 0.6 is 11.8 Å². The molecule has 0 aliphatic carbocycles. The number of aryl methyl sites for hydroxylation is 2. The zero-order valence-corrected chi connectivity index (χ0v) is 15.1. The maximum absolute atomic E-state index is 12.5. The number of hydrogen-bond donors (Lipinski definition) is 0. The Kier molecular flexibility index (Phi) is 5.61. The third-order valence-corrected chi connectivity index (χ3v) is 5.91. The second-order valence-electron chi connectivity index (χ2n) is 6.30. The van der Waals surface area contributed by atoms with Crippen LogP contribution in [0.5, 0.6) is 0 Å². The Bertz CT molecular complexity index is 690. The number of benzene rings is 1. The first kappa shape index (κ1) is 17.1. The summed E-state index contributed by atoms with van der Waals surface area (Å²) in [6, 6.07) is 10.3. The average Bonchev–Trinajstić information content (AvgIpc) is 3.06. The standard InChI is InChI=1S/C19H24N2O2S/c1-3-6-15-13-17(20-23-15)19(22)21-11-9-16(10-12-21)24-18-8-5-4-7-14(18)2/h4-5,7-8,13,16H,3,6,9-12H2,1-2H3. The van der Waals surface area contributed by atoms with Crippen LogP contribution in [0.25, 0.3) is 0 Å². The average molecular weight is 344 g/mol. The van der Waals surface area contributed by atoms with Crippen molar-refractivity contribution in [1.82, 2.24) is 10.1 Å². The van der Waals surface area contributed by atoms with Crippen LogP contribution in [0, 0.1) is 6.92 Å². The molecule has 3 rings (SSSR count). The molecule has 24 heavy (non-hydrogen) atoms. The topological polar surface area (TPSA) is 46.3 Å². The molecule has 1 amide bonds. The summed E-state index contributed by atoms with van der Waals surface area (Å²) in [5.74, 6) is 0.797. The molecule has 0 spiro atoms. The molecule has 2 heterocycles. The molecule has 0 unspecified atom stereocenters. The maximum atomic E-state index is 12.5. The van der Waals surface area contributed by atoms with E-state index in [4.69, 9.17) is 4.52 Å². The van der Waals surface area contributed by atoms with Gasteiger partial charge in [0, 0.05) is 35.7 Å². The quantitative estimate of drug-likeness (QED) is 0.810. The fraction of sp³-hybridized carbons (Fsp3) is 0.474. The molecule has 0 atom stereocenters. The zero-order chi connectivity index (χ0) is 16.9. The number of amides is 1. The summed E-state index contributed by atoms with van der Waals surface area (Å²) in [6.07, 6.45) is 3.86. The zero-order valence-electron chi connectivity index (χ0n) is 14.3. The first-order valence-corrected chi connectivity index (χ1v) is 9.52. The second-order valence-corrected chi connectivity index (χ2v) is 7.65. The number of piperidine rings is 1. The smallest absolute Gasteiger partial charge is 0.276 e. The molecule has 1 fully saturated rings. The molecule has 128 valence electrons. The van der Waals surface area contributed by atoms with Crippen LogP contribution < -0.4 is 0 Å². The predicted octanol–water partition coefficient (Wildman–Crippen LogP) is 4.33. The SMILES string of the molecule is CCCc1cc(C(=O)N2CCC(Sc3ccccc3C)CC2)no1. The Morgan fingerprint density at radius 1 is 1.33 bits per heavy atom. The third kappa shape index (κ3) is 4.01. The van der Waals surface area contributed by atoms with Gasteiger partial charge in [-0.15, -0.1) is 11.8 Å². The molecule has 5 heteroatoms. The molecule has 4 nitrogen and oxygen atoms in total. The molecule has 1 aromatic carbocycles. The molecule has 0 N–H and O–H groups in total. The van der Waals surface area contributed by atoms with E-state index >= 15 is 0 Å². The van der Waals surface area contributed by atoms with Gasteiger partial charge in [0.1, 0.15) is 5.76 Å². The van der Waals surface area contributed by atoms with Crippen LogP contribution in [-0.4, -0.2) is 34.3 Å². The predicted molar refractivity (Wildman–Crippen MR) is 96.5 cm³/mol. The van der Waals surface area contributed by atoms with Gasteiger partial charge in [0.05, 0.1) is 0 Å². The Labute approximate surface area is 147 Å². The highest BCUT2D eigenvalue weighted by Crippen LogP contribution is 2.32. The van der Waals surface area contributed by atoms with Crippen molar-refractivity contribution in [2.75, 3.05) is 13.1 Å². The maximum Gasteiger partial charge on any atom is 0.276 e. The van der Waals surface area contributed by atoms with Crippen LogP contribution in [0.4, 0.5) is 0 Å². The highest BCUT2D eigenvalue weighted by molar-refractivity contribution is 8.00. The first-order valence-electron chi connectivity index (χ1n) is 8.64.